The molecule has 0 spiro atoms. The molecule has 19 heavy (non-hydrogen) atoms. The molecule has 0 radical (unpaired) electrons. The third kappa shape index (κ3) is 3.28. The number of aromatic nitrogens is 1. The van der Waals surface area contributed by atoms with Crippen LogP contribution in [-0.2, 0) is 6.54 Å². The van der Waals surface area contributed by atoms with E-state index in [1.165, 1.54) is 6.07 Å². The Hall–Kier alpha value is -2.43. The Morgan fingerprint density at radius 1 is 1.26 bits per heavy atom. The number of nitro benzene ring substituents is 1. The van der Waals surface area contributed by atoms with E-state index in [0.717, 1.165) is 16.8 Å². The van der Waals surface area contributed by atoms with Gasteiger partial charge in [0.05, 0.1) is 4.92 Å². The molecule has 0 bridgehead atoms. The minimum Gasteiger partial charge on any atom is -0.375 e. The minimum absolute atomic E-state index is 0.0886. The first-order chi connectivity index (χ1) is 9.06. The van der Waals surface area contributed by atoms with E-state index < -0.39 is 0 Å². The monoisotopic (exact) mass is 257 g/mol. The van der Waals surface area contributed by atoms with Crippen LogP contribution >= 0.6 is 0 Å². The molecule has 0 atom stereocenters. The van der Waals surface area contributed by atoms with Gasteiger partial charge in [0, 0.05) is 24.5 Å². The maximum Gasteiger partial charge on any atom is 0.292 e. The number of anilines is 1. The van der Waals surface area contributed by atoms with Gasteiger partial charge in [0.1, 0.15) is 5.69 Å². The predicted octanol–water partition coefficient (Wildman–Crippen LogP) is 3.22. The SMILES string of the molecule is Cc1ccc([N+](=O)[O-])c(NCc2ccc(C)nc2)c1. The fourth-order valence-electron chi connectivity index (χ4n) is 1.75. The van der Waals surface area contributed by atoms with Crippen LogP contribution in [-0.4, -0.2) is 9.91 Å². The second-order valence-electron chi connectivity index (χ2n) is 4.44. The molecular weight excluding hydrogens is 242 g/mol. The fraction of sp³-hybridized carbons (Fsp3) is 0.214. The number of rotatable bonds is 4. The summed E-state index contributed by atoms with van der Waals surface area (Å²) in [5.74, 6) is 0. The van der Waals surface area contributed by atoms with Crippen LogP contribution in [0.1, 0.15) is 16.8 Å². The largest absolute Gasteiger partial charge is 0.375 e. The van der Waals surface area contributed by atoms with Crippen molar-refractivity contribution in [3.63, 3.8) is 0 Å². The Bertz CT molecular complexity index is 594. The average molecular weight is 257 g/mol. The van der Waals surface area contributed by atoms with Gasteiger partial charge in [-0.1, -0.05) is 12.1 Å². The number of aryl methyl sites for hydroxylation is 2. The summed E-state index contributed by atoms with van der Waals surface area (Å²) in [6.07, 6.45) is 1.77. The third-order valence-corrected chi connectivity index (χ3v) is 2.80. The average Bonchev–Trinajstić information content (AvgIpc) is 2.38. The lowest BCUT2D eigenvalue weighted by Gasteiger charge is -2.08. The maximum absolute atomic E-state index is 10.9. The summed E-state index contributed by atoms with van der Waals surface area (Å²) in [7, 11) is 0. The van der Waals surface area contributed by atoms with Gasteiger partial charge < -0.3 is 5.32 Å². The van der Waals surface area contributed by atoms with Gasteiger partial charge in [-0.25, -0.2) is 0 Å². The molecule has 0 saturated heterocycles. The zero-order valence-electron chi connectivity index (χ0n) is 10.9. The van der Waals surface area contributed by atoms with Crippen molar-refractivity contribution in [1.29, 1.82) is 0 Å². The van der Waals surface area contributed by atoms with Crippen molar-refractivity contribution in [2.24, 2.45) is 0 Å². The highest BCUT2D eigenvalue weighted by molar-refractivity contribution is 5.62. The topological polar surface area (TPSA) is 68.1 Å². The summed E-state index contributed by atoms with van der Waals surface area (Å²) in [6, 6.07) is 8.90. The molecule has 1 aromatic carbocycles. The van der Waals surface area contributed by atoms with Crippen LogP contribution in [0.4, 0.5) is 11.4 Å². The van der Waals surface area contributed by atoms with E-state index in [-0.39, 0.29) is 10.6 Å². The molecular formula is C14H15N3O2. The summed E-state index contributed by atoms with van der Waals surface area (Å²) in [5, 5.41) is 14.0. The van der Waals surface area contributed by atoms with Crippen LogP contribution in [0.3, 0.4) is 0 Å². The van der Waals surface area contributed by atoms with E-state index in [0.29, 0.717) is 12.2 Å². The molecule has 1 aromatic heterocycles. The van der Waals surface area contributed by atoms with Crippen molar-refractivity contribution < 1.29 is 4.92 Å². The van der Waals surface area contributed by atoms with Crippen LogP contribution in [0.5, 0.6) is 0 Å². The van der Waals surface area contributed by atoms with Gasteiger partial charge in [-0.15, -0.1) is 0 Å². The molecule has 0 aliphatic heterocycles. The zero-order valence-corrected chi connectivity index (χ0v) is 10.9. The number of nitrogens with one attached hydrogen (secondary N) is 1. The molecule has 0 aliphatic carbocycles. The molecule has 5 nitrogen and oxygen atoms in total. The van der Waals surface area contributed by atoms with E-state index in [4.69, 9.17) is 0 Å². The Morgan fingerprint density at radius 2 is 2.05 bits per heavy atom. The van der Waals surface area contributed by atoms with E-state index in [2.05, 4.69) is 10.3 Å². The predicted molar refractivity (Wildman–Crippen MR) is 74.1 cm³/mol. The lowest BCUT2D eigenvalue weighted by atomic mass is 10.2. The highest BCUT2D eigenvalue weighted by Gasteiger charge is 2.12. The van der Waals surface area contributed by atoms with E-state index in [1.807, 2.05) is 26.0 Å². The van der Waals surface area contributed by atoms with Crippen LogP contribution in [0.2, 0.25) is 0 Å². The van der Waals surface area contributed by atoms with Gasteiger partial charge >= 0.3 is 0 Å². The highest BCUT2D eigenvalue weighted by atomic mass is 16.6. The van der Waals surface area contributed by atoms with Crippen LogP contribution < -0.4 is 5.32 Å². The van der Waals surface area contributed by atoms with E-state index in [1.54, 1.807) is 18.3 Å². The molecule has 1 N–H and O–H groups in total. The van der Waals surface area contributed by atoms with Crippen molar-refractivity contribution in [3.8, 4) is 0 Å². The number of hydrogen-bond acceptors (Lipinski definition) is 4. The van der Waals surface area contributed by atoms with E-state index in [9.17, 15) is 10.1 Å². The normalized spacial score (nSPS) is 10.2. The number of nitro groups is 1. The van der Waals surface area contributed by atoms with Crippen molar-refractivity contribution in [2.45, 2.75) is 20.4 Å². The van der Waals surface area contributed by atoms with Crippen LogP contribution in [0.25, 0.3) is 0 Å². The van der Waals surface area contributed by atoms with Gasteiger partial charge in [0.15, 0.2) is 0 Å². The highest BCUT2D eigenvalue weighted by Crippen LogP contribution is 2.25. The molecule has 1 heterocycles. The number of pyridine rings is 1. The van der Waals surface area contributed by atoms with Gasteiger partial charge in [0.2, 0.25) is 0 Å². The molecule has 98 valence electrons. The number of hydrogen-bond donors (Lipinski definition) is 1. The van der Waals surface area contributed by atoms with E-state index >= 15 is 0 Å². The first-order valence-electron chi connectivity index (χ1n) is 5.97. The van der Waals surface area contributed by atoms with Crippen molar-refractivity contribution >= 4 is 11.4 Å². The second kappa shape index (κ2) is 5.48. The zero-order chi connectivity index (χ0) is 13.8. The molecule has 2 aromatic rings. The quantitative estimate of drug-likeness (QED) is 0.674. The maximum atomic E-state index is 10.9. The summed E-state index contributed by atoms with van der Waals surface area (Å²) in [4.78, 5) is 14.8. The Kier molecular flexibility index (Phi) is 3.75. The fourth-order valence-corrected chi connectivity index (χ4v) is 1.75. The third-order valence-electron chi connectivity index (χ3n) is 2.80. The second-order valence-corrected chi connectivity index (χ2v) is 4.44. The summed E-state index contributed by atoms with van der Waals surface area (Å²) in [5.41, 5.74) is 3.54. The van der Waals surface area contributed by atoms with Crippen LogP contribution in [0.15, 0.2) is 36.5 Å². The lowest BCUT2D eigenvalue weighted by Crippen LogP contribution is -2.03. The van der Waals surface area contributed by atoms with Gasteiger partial charge in [-0.05, 0) is 37.1 Å². The van der Waals surface area contributed by atoms with Gasteiger partial charge in [0.25, 0.3) is 5.69 Å². The minimum atomic E-state index is -0.380. The first kappa shape index (κ1) is 13.0. The molecule has 0 aliphatic rings. The Morgan fingerprint density at radius 3 is 2.68 bits per heavy atom. The van der Waals surface area contributed by atoms with Gasteiger partial charge in [-0.2, -0.15) is 0 Å². The molecule has 0 saturated carbocycles. The standard InChI is InChI=1S/C14H15N3O2/c1-10-3-6-14(17(18)19)13(7-10)16-9-12-5-4-11(2)15-8-12/h3-8,16H,9H2,1-2H3. The van der Waals surface area contributed by atoms with Crippen molar-refractivity contribution in [1.82, 2.24) is 4.98 Å². The summed E-state index contributed by atoms with van der Waals surface area (Å²) in [6.45, 7) is 4.34. The number of nitrogens with zero attached hydrogens (tertiary/aromatic N) is 2. The summed E-state index contributed by atoms with van der Waals surface area (Å²) < 4.78 is 0. The van der Waals surface area contributed by atoms with Crippen LogP contribution in [0, 0.1) is 24.0 Å². The Balaban J connectivity index is 2.16. The summed E-state index contributed by atoms with van der Waals surface area (Å²) >= 11 is 0. The Labute approximate surface area is 111 Å². The number of benzene rings is 1. The smallest absolute Gasteiger partial charge is 0.292 e. The molecule has 0 fully saturated rings. The molecule has 2 rings (SSSR count). The van der Waals surface area contributed by atoms with Crippen molar-refractivity contribution in [2.75, 3.05) is 5.32 Å². The molecule has 0 unspecified atom stereocenters. The van der Waals surface area contributed by atoms with Crippen molar-refractivity contribution in [3.05, 3.63) is 63.5 Å². The molecule has 0 amide bonds. The lowest BCUT2D eigenvalue weighted by molar-refractivity contribution is -0.384. The molecule has 5 heteroatoms. The van der Waals surface area contributed by atoms with Gasteiger partial charge in [-0.3, -0.25) is 15.1 Å². The first-order valence-corrected chi connectivity index (χ1v) is 5.97.